The molecular formula is C12H16ClNOS. The van der Waals surface area contributed by atoms with Crippen molar-refractivity contribution in [2.24, 2.45) is 0 Å². The zero-order valence-electron chi connectivity index (χ0n) is 9.57. The van der Waals surface area contributed by atoms with Crippen LogP contribution in [-0.4, -0.2) is 29.8 Å². The molecule has 0 spiro atoms. The smallest absolute Gasteiger partial charge is 0.189 e. The fourth-order valence-corrected chi connectivity index (χ4v) is 3.01. The molecular weight excluding hydrogens is 242 g/mol. The summed E-state index contributed by atoms with van der Waals surface area (Å²) in [7, 11) is 2.04. The van der Waals surface area contributed by atoms with Crippen molar-refractivity contribution in [2.75, 3.05) is 7.05 Å². The molecule has 1 aliphatic rings. The quantitative estimate of drug-likeness (QED) is 0.770. The Hall–Kier alpha value is -0.380. The summed E-state index contributed by atoms with van der Waals surface area (Å²) < 4.78 is 0.682. The highest BCUT2D eigenvalue weighted by Crippen LogP contribution is 2.28. The van der Waals surface area contributed by atoms with Crippen LogP contribution in [0.25, 0.3) is 0 Å². The first-order chi connectivity index (χ1) is 7.59. The summed E-state index contributed by atoms with van der Waals surface area (Å²) in [4.78, 5) is 15.1. The van der Waals surface area contributed by atoms with E-state index >= 15 is 0 Å². The van der Waals surface area contributed by atoms with Gasteiger partial charge in [0.25, 0.3) is 0 Å². The number of hydrogen-bond donors (Lipinski definition) is 0. The van der Waals surface area contributed by atoms with Gasteiger partial charge in [-0.1, -0.05) is 18.0 Å². The van der Waals surface area contributed by atoms with Gasteiger partial charge >= 0.3 is 0 Å². The Morgan fingerprint density at radius 1 is 1.56 bits per heavy atom. The Balaban J connectivity index is 2.03. The number of carbonyl (C=O) groups is 1. The number of hydrogen-bond acceptors (Lipinski definition) is 3. The number of likely N-dealkylation sites (N-methyl/N-ethyl adjacent to an activating group) is 1. The Morgan fingerprint density at radius 2 is 2.25 bits per heavy atom. The third kappa shape index (κ3) is 2.31. The highest BCUT2D eigenvalue weighted by molar-refractivity contribution is 7.18. The van der Waals surface area contributed by atoms with Gasteiger partial charge in [0.2, 0.25) is 0 Å². The SMILES string of the molecule is CC(C(=O)c1ccc(Cl)s1)N(C)C1CCC1. The Morgan fingerprint density at radius 3 is 2.69 bits per heavy atom. The van der Waals surface area contributed by atoms with Crippen molar-refractivity contribution in [1.82, 2.24) is 4.90 Å². The molecule has 1 unspecified atom stereocenters. The van der Waals surface area contributed by atoms with E-state index in [1.807, 2.05) is 20.0 Å². The van der Waals surface area contributed by atoms with Gasteiger partial charge in [0.05, 0.1) is 15.3 Å². The van der Waals surface area contributed by atoms with Gasteiger partial charge in [0, 0.05) is 6.04 Å². The third-order valence-corrected chi connectivity index (χ3v) is 4.70. The molecule has 1 aromatic rings. The van der Waals surface area contributed by atoms with Gasteiger partial charge in [0.15, 0.2) is 5.78 Å². The lowest BCUT2D eigenvalue weighted by Gasteiger charge is -2.37. The van der Waals surface area contributed by atoms with E-state index in [1.54, 1.807) is 6.07 Å². The molecule has 88 valence electrons. The predicted octanol–water partition coefficient (Wildman–Crippen LogP) is 3.46. The maximum absolute atomic E-state index is 12.2. The van der Waals surface area contributed by atoms with E-state index in [-0.39, 0.29) is 11.8 Å². The van der Waals surface area contributed by atoms with Crippen molar-refractivity contribution in [1.29, 1.82) is 0 Å². The Bertz CT molecular complexity index is 386. The average Bonchev–Trinajstić information content (AvgIpc) is 2.60. The molecule has 0 amide bonds. The molecule has 0 saturated heterocycles. The fourth-order valence-electron chi connectivity index (χ4n) is 1.95. The lowest BCUT2D eigenvalue weighted by molar-refractivity contribution is 0.0727. The van der Waals surface area contributed by atoms with E-state index in [0.29, 0.717) is 10.4 Å². The first kappa shape index (κ1) is 12.1. The number of ketones is 1. The van der Waals surface area contributed by atoms with E-state index in [1.165, 1.54) is 30.6 Å². The molecule has 0 aliphatic heterocycles. The molecule has 2 rings (SSSR count). The van der Waals surface area contributed by atoms with Crippen molar-refractivity contribution in [3.8, 4) is 0 Å². The highest BCUT2D eigenvalue weighted by atomic mass is 35.5. The minimum atomic E-state index is -0.0417. The second-order valence-electron chi connectivity index (χ2n) is 4.39. The molecule has 0 radical (unpaired) electrons. The summed E-state index contributed by atoms with van der Waals surface area (Å²) in [6.07, 6.45) is 3.74. The summed E-state index contributed by atoms with van der Waals surface area (Å²) >= 11 is 7.21. The third-order valence-electron chi connectivity index (χ3n) is 3.46. The highest BCUT2D eigenvalue weighted by Gasteiger charge is 2.29. The van der Waals surface area contributed by atoms with E-state index in [4.69, 9.17) is 11.6 Å². The number of carbonyl (C=O) groups excluding carboxylic acids is 1. The first-order valence-electron chi connectivity index (χ1n) is 5.61. The largest absolute Gasteiger partial charge is 0.294 e. The second kappa shape index (κ2) is 4.86. The van der Waals surface area contributed by atoms with Gasteiger partial charge in [-0.15, -0.1) is 11.3 Å². The molecule has 2 nitrogen and oxygen atoms in total. The molecule has 1 fully saturated rings. The van der Waals surface area contributed by atoms with Gasteiger partial charge in [-0.2, -0.15) is 0 Å². The van der Waals surface area contributed by atoms with Crippen molar-refractivity contribution >= 4 is 28.7 Å². The van der Waals surface area contributed by atoms with E-state index in [9.17, 15) is 4.79 Å². The summed E-state index contributed by atoms with van der Waals surface area (Å²) in [5.74, 6) is 0.186. The van der Waals surface area contributed by atoms with Gasteiger partial charge < -0.3 is 0 Å². The van der Waals surface area contributed by atoms with E-state index in [2.05, 4.69) is 4.90 Å². The van der Waals surface area contributed by atoms with Crippen LogP contribution in [-0.2, 0) is 0 Å². The molecule has 0 bridgehead atoms. The minimum absolute atomic E-state index is 0.0417. The number of Topliss-reactive ketones (excluding diaryl/α,β-unsaturated/α-hetero) is 1. The summed E-state index contributed by atoms with van der Waals surface area (Å²) in [6, 6.07) is 4.16. The van der Waals surface area contributed by atoms with Crippen molar-refractivity contribution in [3.63, 3.8) is 0 Å². The second-order valence-corrected chi connectivity index (χ2v) is 6.11. The Labute approximate surface area is 105 Å². The molecule has 4 heteroatoms. The zero-order valence-corrected chi connectivity index (χ0v) is 11.1. The minimum Gasteiger partial charge on any atom is -0.294 e. The maximum Gasteiger partial charge on any atom is 0.189 e. The summed E-state index contributed by atoms with van der Waals surface area (Å²) in [5, 5.41) is 0. The van der Waals surface area contributed by atoms with Crippen LogP contribution in [0.1, 0.15) is 35.9 Å². The molecule has 1 heterocycles. The molecule has 0 N–H and O–H groups in total. The number of halogens is 1. The number of rotatable bonds is 4. The van der Waals surface area contributed by atoms with Crippen LogP contribution in [0.15, 0.2) is 12.1 Å². The summed E-state index contributed by atoms with van der Waals surface area (Å²) in [6.45, 7) is 1.98. The van der Waals surface area contributed by atoms with Crippen LogP contribution in [0.2, 0.25) is 4.34 Å². The monoisotopic (exact) mass is 257 g/mol. The van der Waals surface area contributed by atoms with E-state index < -0.39 is 0 Å². The normalized spacial score (nSPS) is 18.5. The van der Waals surface area contributed by atoms with Gasteiger partial charge in [-0.25, -0.2) is 0 Å². The lowest BCUT2D eigenvalue weighted by atomic mass is 9.90. The molecule has 1 atom stereocenters. The van der Waals surface area contributed by atoms with Crippen molar-refractivity contribution < 1.29 is 4.79 Å². The van der Waals surface area contributed by atoms with Crippen LogP contribution in [0.5, 0.6) is 0 Å². The fraction of sp³-hybridized carbons (Fsp3) is 0.583. The van der Waals surface area contributed by atoms with Crippen LogP contribution < -0.4 is 0 Å². The van der Waals surface area contributed by atoms with Gasteiger partial charge in [-0.3, -0.25) is 9.69 Å². The molecule has 0 aromatic carbocycles. The number of thiophene rings is 1. The molecule has 1 aliphatic carbocycles. The first-order valence-corrected chi connectivity index (χ1v) is 6.80. The van der Waals surface area contributed by atoms with Gasteiger partial charge in [-0.05, 0) is 38.9 Å². The predicted molar refractivity (Wildman–Crippen MR) is 68.5 cm³/mol. The maximum atomic E-state index is 12.2. The molecule has 1 saturated carbocycles. The van der Waals surface area contributed by atoms with Crippen LogP contribution >= 0.6 is 22.9 Å². The number of nitrogens with zero attached hydrogens (tertiary/aromatic N) is 1. The van der Waals surface area contributed by atoms with Gasteiger partial charge in [0.1, 0.15) is 0 Å². The topological polar surface area (TPSA) is 20.3 Å². The van der Waals surface area contributed by atoms with Crippen LogP contribution in [0.4, 0.5) is 0 Å². The van der Waals surface area contributed by atoms with Crippen LogP contribution in [0, 0.1) is 0 Å². The Kier molecular flexibility index (Phi) is 3.67. The average molecular weight is 258 g/mol. The van der Waals surface area contributed by atoms with Crippen molar-refractivity contribution in [3.05, 3.63) is 21.3 Å². The summed E-state index contributed by atoms with van der Waals surface area (Å²) in [5.41, 5.74) is 0. The van der Waals surface area contributed by atoms with E-state index in [0.717, 1.165) is 4.88 Å². The van der Waals surface area contributed by atoms with Crippen molar-refractivity contribution in [2.45, 2.75) is 38.3 Å². The molecule has 1 aromatic heterocycles. The zero-order chi connectivity index (χ0) is 11.7. The lowest BCUT2D eigenvalue weighted by Crippen LogP contribution is -2.46. The molecule has 16 heavy (non-hydrogen) atoms. The van der Waals surface area contributed by atoms with Crippen LogP contribution in [0.3, 0.4) is 0 Å². The standard InChI is InChI=1S/C12H16ClNOS/c1-8(14(2)9-4-3-5-9)12(15)10-6-7-11(13)16-10/h6-9H,3-5H2,1-2H3.